The summed E-state index contributed by atoms with van der Waals surface area (Å²) in [6, 6.07) is 13.8. The molecule has 13 nitrogen and oxygen atoms in total. The van der Waals surface area contributed by atoms with E-state index in [1.807, 2.05) is 12.1 Å². The zero-order chi connectivity index (χ0) is 27.8. The number of aliphatic hydroxyl groups is 2. The van der Waals surface area contributed by atoms with Crippen LogP contribution < -0.4 is 26.6 Å². The van der Waals surface area contributed by atoms with Crippen molar-refractivity contribution in [2.75, 3.05) is 18.1 Å². The largest absolute Gasteiger partial charge is 0.489 e. The van der Waals surface area contributed by atoms with E-state index in [-0.39, 0.29) is 38.1 Å². The standard InChI is InChI=1S/C27H26N6O7/c28-16-3-6-18-15(7-23(36)40-20(18)8-16)12-37-17-4-1-14(2-5-17)11-38-26-24-25(31-27(29)32-26)33(13-30-24)22-9-19(35)21(10-34)39-22/h1-8,13,19,21-22,34-35H,9-12,28H2,(H2,29,31,32). The molecule has 4 heterocycles. The molecule has 0 amide bonds. The van der Waals surface area contributed by atoms with Crippen molar-refractivity contribution in [3.05, 3.63) is 76.4 Å². The number of benzene rings is 2. The number of rotatable bonds is 8. The smallest absolute Gasteiger partial charge is 0.336 e. The van der Waals surface area contributed by atoms with Crippen molar-refractivity contribution in [3.63, 3.8) is 0 Å². The van der Waals surface area contributed by atoms with Gasteiger partial charge in [0.15, 0.2) is 11.2 Å². The zero-order valence-electron chi connectivity index (χ0n) is 21.1. The number of nitrogens with two attached hydrogens (primary N) is 2. The molecule has 1 fully saturated rings. The second kappa shape index (κ2) is 10.4. The second-order valence-electron chi connectivity index (χ2n) is 9.39. The fourth-order valence-electron chi connectivity index (χ4n) is 4.63. The molecular formula is C27H26N6O7. The van der Waals surface area contributed by atoms with Crippen LogP contribution in [0, 0.1) is 0 Å². The van der Waals surface area contributed by atoms with Gasteiger partial charge >= 0.3 is 5.63 Å². The molecule has 6 N–H and O–H groups in total. The first-order valence-electron chi connectivity index (χ1n) is 12.5. The number of ether oxygens (including phenoxy) is 3. The molecule has 0 saturated carbocycles. The molecule has 6 rings (SSSR count). The Morgan fingerprint density at radius 3 is 2.65 bits per heavy atom. The van der Waals surface area contributed by atoms with E-state index >= 15 is 0 Å². The summed E-state index contributed by atoms with van der Waals surface area (Å²) < 4.78 is 24.4. The highest BCUT2D eigenvalue weighted by molar-refractivity contribution is 5.83. The predicted octanol–water partition coefficient (Wildman–Crippen LogP) is 1.90. The minimum absolute atomic E-state index is 0.00425. The highest BCUT2D eigenvalue weighted by atomic mass is 16.5. The zero-order valence-corrected chi connectivity index (χ0v) is 21.1. The summed E-state index contributed by atoms with van der Waals surface area (Å²) >= 11 is 0. The number of hydrogen-bond acceptors (Lipinski definition) is 12. The maximum absolute atomic E-state index is 11.9. The van der Waals surface area contributed by atoms with Gasteiger partial charge in [0.1, 0.15) is 36.9 Å². The van der Waals surface area contributed by atoms with Crippen molar-refractivity contribution in [1.82, 2.24) is 19.5 Å². The lowest BCUT2D eigenvalue weighted by Gasteiger charge is -2.14. The van der Waals surface area contributed by atoms with Gasteiger partial charge in [-0.05, 0) is 29.8 Å². The molecule has 0 bridgehead atoms. The van der Waals surface area contributed by atoms with Crippen molar-refractivity contribution in [2.24, 2.45) is 0 Å². The molecule has 13 heteroatoms. The number of nitrogen functional groups attached to an aromatic ring is 2. The molecule has 3 atom stereocenters. The predicted molar refractivity (Wildman–Crippen MR) is 143 cm³/mol. The average molecular weight is 547 g/mol. The van der Waals surface area contributed by atoms with Crippen LogP contribution in [0.15, 0.2) is 64.1 Å². The Morgan fingerprint density at radius 2 is 1.88 bits per heavy atom. The molecular weight excluding hydrogens is 520 g/mol. The molecule has 2 aromatic carbocycles. The van der Waals surface area contributed by atoms with Gasteiger partial charge in [0.25, 0.3) is 0 Å². The second-order valence-corrected chi connectivity index (χ2v) is 9.39. The Kier molecular flexibility index (Phi) is 6.67. The van der Waals surface area contributed by atoms with Crippen LogP contribution in [0.3, 0.4) is 0 Å². The summed E-state index contributed by atoms with van der Waals surface area (Å²) in [5.74, 6) is 0.803. The van der Waals surface area contributed by atoms with Crippen LogP contribution in [-0.2, 0) is 18.0 Å². The fraction of sp³-hybridized carbons (Fsp3) is 0.259. The number of nitrogens with zero attached hydrogens (tertiary/aromatic N) is 4. The molecule has 0 spiro atoms. The Balaban J connectivity index is 1.13. The third-order valence-electron chi connectivity index (χ3n) is 6.65. The van der Waals surface area contributed by atoms with E-state index in [0.29, 0.717) is 33.7 Å². The fourth-order valence-corrected chi connectivity index (χ4v) is 4.63. The average Bonchev–Trinajstić information content (AvgIpc) is 3.53. The Bertz CT molecular complexity index is 1740. The molecule has 3 unspecified atom stereocenters. The molecule has 1 aliphatic rings. The maximum atomic E-state index is 11.9. The number of aliphatic hydroxyl groups excluding tert-OH is 2. The van der Waals surface area contributed by atoms with Crippen LogP contribution in [-0.4, -0.2) is 48.5 Å². The first-order valence-corrected chi connectivity index (χ1v) is 12.5. The molecule has 0 aliphatic carbocycles. The molecule has 0 radical (unpaired) electrons. The van der Waals surface area contributed by atoms with E-state index in [1.54, 1.807) is 34.9 Å². The lowest BCUT2D eigenvalue weighted by molar-refractivity contribution is -0.0432. The van der Waals surface area contributed by atoms with Crippen molar-refractivity contribution in [2.45, 2.75) is 38.1 Å². The number of imidazole rings is 1. The van der Waals surface area contributed by atoms with Crippen molar-refractivity contribution in [3.8, 4) is 11.6 Å². The Labute approximate surface area is 226 Å². The minimum Gasteiger partial charge on any atom is -0.489 e. The van der Waals surface area contributed by atoms with E-state index in [0.717, 1.165) is 10.9 Å². The topological polar surface area (TPSA) is 194 Å². The van der Waals surface area contributed by atoms with Gasteiger partial charge in [-0.2, -0.15) is 9.97 Å². The van der Waals surface area contributed by atoms with Gasteiger partial charge in [-0.15, -0.1) is 0 Å². The van der Waals surface area contributed by atoms with Crippen molar-refractivity contribution in [1.29, 1.82) is 0 Å². The highest BCUT2D eigenvalue weighted by Gasteiger charge is 2.35. The van der Waals surface area contributed by atoms with E-state index in [4.69, 9.17) is 30.1 Å². The Hall–Kier alpha value is -4.72. The van der Waals surface area contributed by atoms with Crippen molar-refractivity contribution >= 4 is 33.8 Å². The van der Waals surface area contributed by atoms with Gasteiger partial charge < -0.3 is 40.3 Å². The van der Waals surface area contributed by atoms with Crippen molar-refractivity contribution < 1.29 is 28.8 Å². The molecule has 1 saturated heterocycles. The van der Waals surface area contributed by atoms with E-state index in [2.05, 4.69) is 15.0 Å². The van der Waals surface area contributed by atoms with Gasteiger partial charge in [-0.25, -0.2) is 9.78 Å². The highest BCUT2D eigenvalue weighted by Crippen LogP contribution is 2.33. The van der Waals surface area contributed by atoms with Gasteiger partial charge in [0, 0.05) is 35.2 Å². The minimum atomic E-state index is -0.805. The molecule has 3 aromatic heterocycles. The monoisotopic (exact) mass is 546 g/mol. The SMILES string of the molecule is Nc1ccc2c(COc3ccc(COc4nc(N)nc5c4ncn5C4CC(O)C(CO)O4)cc3)cc(=O)oc2c1. The summed E-state index contributed by atoms with van der Waals surface area (Å²) in [6.45, 7) is 0.0504. The number of aromatic nitrogens is 4. The van der Waals surface area contributed by atoms with Crippen LogP contribution in [0.4, 0.5) is 11.6 Å². The van der Waals surface area contributed by atoms with E-state index in [9.17, 15) is 15.0 Å². The van der Waals surface area contributed by atoms with Crippen LogP contribution >= 0.6 is 0 Å². The van der Waals surface area contributed by atoms with E-state index < -0.39 is 24.1 Å². The first-order chi connectivity index (χ1) is 19.4. The van der Waals surface area contributed by atoms with Crippen LogP contribution in [0.2, 0.25) is 0 Å². The van der Waals surface area contributed by atoms with Crippen LogP contribution in [0.5, 0.6) is 11.6 Å². The molecule has 5 aromatic rings. The summed E-state index contributed by atoms with van der Waals surface area (Å²) in [4.78, 5) is 24.8. The lowest BCUT2D eigenvalue weighted by atomic mass is 10.1. The van der Waals surface area contributed by atoms with Crippen LogP contribution in [0.25, 0.3) is 22.1 Å². The number of fused-ring (bicyclic) bond motifs is 2. The van der Waals surface area contributed by atoms with Gasteiger partial charge in [-0.3, -0.25) is 4.57 Å². The quantitative estimate of drug-likeness (QED) is 0.163. The normalized spacial score (nSPS) is 18.9. The van der Waals surface area contributed by atoms with Gasteiger partial charge in [0.2, 0.25) is 11.8 Å². The Morgan fingerprint density at radius 1 is 1.05 bits per heavy atom. The van der Waals surface area contributed by atoms with Gasteiger partial charge in [0.05, 0.1) is 19.0 Å². The molecule has 1 aliphatic heterocycles. The lowest BCUT2D eigenvalue weighted by Crippen LogP contribution is -2.24. The summed E-state index contributed by atoms with van der Waals surface area (Å²) in [6.07, 6.45) is -0.263. The molecule has 40 heavy (non-hydrogen) atoms. The summed E-state index contributed by atoms with van der Waals surface area (Å²) in [5, 5.41) is 20.2. The van der Waals surface area contributed by atoms with Crippen LogP contribution in [0.1, 0.15) is 23.8 Å². The van der Waals surface area contributed by atoms with E-state index in [1.165, 1.54) is 12.4 Å². The third-order valence-corrected chi connectivity index (χ3v) is 6.65. The maximum Gasteiger partial charge on any atom is 0.336 e. The molecule has 206 valence electrons. The third kappa shape index (κ3) is 5.00. The summed E-state index contributed by atoms with van der Waals surface area (Å²) in [7, 11) is 0. The van der Waals surface area contributed by atoms with Gasteiger partial charge in [-0.1, -0.05) is 12.1 Å². The summed E-state index contributed by atoms with van der Waals surface area (Å²) in [5.41, 5.74) is 14.5. The number of hydrogen-bond donors (Lipinski definition) is 4. The number of anilines is 2. The first kappa shape index (κ1) is 25.6.